The molecule has 1 fully saturated rings. The van der Waals surface area contributed by atoms with Crippen LogP contribution in [0.2, 0.25) is 5.02 Å². The number of benzene rings is 2. The van der Waals surface area contributed by atoms with Crippen LogP contribution in [0.4, 0.5) is 0 Å². The maximum absolute atomic E-state index is 13.0. The van der Waals surface area contributed by atoms with Crippen LogP contribution >= 0.6 is 11.6 Å². The number of hydrogen-bond acceptors (Lipinski definition) is 7. The number of amides is 1. The smallest absolute Gasteiger partial charge is 0.249 e. The third-order valence-electron chi connectivity index (χ3n) is 4.95. The van der Waals surface area contributed by atoms with Crippen molar-refractivity contribution in [2.45, 2.75) is 32.0 Å². The van der Waals surface area contributed by atoms with Crippen LogP contribution in [0.5, 0.6) is 0 Å². The molecule has 10 heteroatoms. The second kappa shape index (κ2) is 8.27. The molecule has 0 aliphatic heterocycles. The summed E-state index contributed by atoms with van der Waals surface area (Å²) in [6.45, 7) is 0.211. The molecule has 4 aromatic rings. The van der Waals surface area contributed by atoms with Gasteiger partial charge in [-0.25, -0.2) is 0 Å². The van der Waals surface area contributed by atoms with Crippen molar-refractivity contribution in [2.24, 2.45) is 0 Å². The highest BCUT2D eigenvalue weighted by Gasteiger charge is 2.34. The molecule has 0 spiro atoms. The van der Waals surface area contributed by atoms with Gasteiger partial charge in [0.2, 0.25) is 23.5 Å². The van der Waals surface area contributed by atoms with E-state index in [0.29, 0.717) is 28.2 Å². The number of rotatable bonds is 7. The normalized spacial score (nSPS) is 13.3. The van der Waals surface area contributed by atoms with Crippen LogP contribution in [-0.2, 0) is 17.9 Å². The average molecular weight is 436 g/mol. The van der Waals surface area contributed by atoms with Crippen LogP contribution in [0.25, 0.3) is 22.8 Å². The molecule has 31 heavy (non-hydrogen) atoms. The SMILES string of the molecule is O=C(Cn1nnc(-c2ccccc2)n1)N(Cc1nnc(-c2ccccc2Cl)o1)C1CC1. The number of aromatic nitrogens is 6. The van der Waals surface area contributed by atoms with Crippen molar-refractivity contribution in [3.05, 3.63) is 65.5 Å². The highest BCUT2D eigenvalue weighted by molar-refractivity contribution is 6.33. The third kappa shape index (κ3) is 4.31. The van der Waals surface area contributed by atoms with E-state index < -0.39 is 0 Å². The zero-order valence-electron chi connectivity index (χ0n) is 16.4. The van der Waals surface area contributed by atoms with Crippen molar-refractivity contribution in [1.82, 2.24) is 35.3 Å². The summed E-state index contributed by atoms with van der Waals surface area (Å²) in [7, 11) is 0. The standard InChI is InChI=1S/C21H18ClN7O2/c22-17-9-5-4-8-16(17)21-25-23-18(31-21)12-28(15-10-11-15)19(30)13-29-26-20(24-27-29)14-6-2-1-3-7-14/h1-9,15H,10-13H2. The first kappa shape index (κ1) is 19.4. The highest BCUT2D eigenvalue weighted by atomic mass is 35.5. The van der Waals surface area contributed by atoms with Gasteiger partial charge in [0.25, 0.3) is 0 Å². The number of halogens is 1. The third-order valence-corrected chi connectivity index (χ3v) is 5.28. The topological polar surface area (TPSA) is 103 Å². The fourth-order valence-corrected chi connectivity index (χ4v) is 3.46. The van der Waals surface area contributed by atoms with Crippen LogP contribution < -0.4 is 0 Å². The molecule has 9 nitrogen and oxygen atoms in total. The van der Waals surface area contributed by atoms with Crippen molar-refractivity contribution in [2.75, 3.05) is 0 Å². The van der Waals surface area contributed by atoms with Crippen molar-refractivity contribution in [1.29, 1.82) is 0 Å². The van der Waals surface area contributed by atoms with Crippen LogP contribution in [0.15, 0.2) is 59.0 Å². The fourth-order valence-electron chi connectivity index (χ4n) is 3.24. The van der Waals surface area contributed by atoms with E-state index in [4.69, 9.17) is 16.0 Å². The Balaban J connectivity index is 1.29. The largest absolute Gasteiger partial charge is 0.419 e. The van der Waals surface area contributed by atoms with E-state index in [-0.39, 0.29) is 25.0 Å². The van der Waals surface area contributed by atoms with Crippen molar-refractivity contribution in [3.8, 4) is 22.8 Å². The molecule has 0 atom stereocenters. The number of hydrogen-bond donors (Lipinski definition) is 0. The summed E-state index contributed by atoms with van der Waals surface area (Å²) in [5.74, 6) is 1.03. The molecular weight excluding hydrogens is 418 g/mol. The lowest BCUT2D eigenvalue weighted by atomic mass is 10.2. The van der Waals surface area contributed by atoms with Gasteiger partial charge in [0.1, 0.15) is 6.54 Å². The maximum atomic E-state index is 13.0. The predicted octanol–water partition coefficient (Wildman–Crippen LogP) is 3.23. The summed E-state index contributed by atoms with van der Waals surface area (Å²) in [4.78, 5) is 16.0. The van der Waals surface area contributed by atoms with E-state index in [1.54, 1.807) is 11.0 Å². The summed E-state index contributed by atoms with van der Waals surface area (Å²) < 4.78 is 5.77. The van der Waals surface area contributed by atoms with Crippen molar-refractivity contribution >= 4 is 17.5 Å². The minimum absolute atomic E-state index is 0.0121. The molecule has 0 radical (unpaired) electrons. The molecule has 0 bridgehead atoms. The lowest BCUT2D eigenvalue weighted by Crippen LogP contribution is -2.35. The monoisotopic (exact) mass is 435 g/mol. The number of tetrazole rings is 1. The van der Waals surface area contributed by atoms with Crippen molar-refractivity contribution < 1.29 is 9.21 Å². The maximum Gasteiger partial charge on any atom is 0.249 e. The number of carbonyl (C=O) groups is 1. The van der Waals surface area contributed by atoms with Gasteiger partial charge in [0.15, 0.2) is 0 Å². The van der Waals surface area contributed by atoms with E-state index in [2.05, 4.69) is 25.6 Å². The van der Waals surface area contributed by atoms with Gasteiger partial charge in [0.05, 0.1) is 17.1 Å². The fraction of sp³-hybridized carbons (Fsp3) is 0.238. The minimum atomic E-state index is -0.128. The Morgan fingerprint density at radius 2 is 1.84 bits per heavy atom. The van der Waals surface area contributed by atoms with Crippen LogP contribution in [-0.4, -0.2) is 47.3 Å². The lowest BCUT2D eigenvalue weighted by Gasteiger charge is -2.19. The van der Waals surface area contributed by atoms with E-state index in [0.717, 1.165) is 18.4 Å². The quantitative estimate of drug-likeness (QED) is 0.439. The van der Waals surface area contributed by atoms with Crippen LogP contribution in [0, 0.1) is 0 Å². The van der Waals surface area contributed by atoms with Gasteiger partial charge in [-0.2, -0.15) is 4.80 Å². The zero-order chi connectivity index (χ0) is 21.2. The lowest BCUT2D eigenvalue weighted by molar-refractivity contribution is -0.133. The van der Waals surface area contributed by atoms with E-state index in [1.165, 1.54) is 4.80 Å². The second-order valence-electron chi connectivity index (χ2n) is 7.24. The zero-order valence-corrected chi connectivity index (χ0v) is 17.2. The first-order chi connectivity index (χ1) is 15.2. The molecule has 156 valence electrons. The summed E-state index contributed by atoms with van der Waals surface area (Å²) in [6.07, 6.45) is 1.88. The van der Waals surface area contributed by atoms with Crippen molar-refractivity contribution in [3.63, 3.8) is 0 Å². The molecular formula is C21H18ClN7O2. The predicted molar refractivity (Wildman–Crippen MR) is 112 cm³/mol. The molecule has 1 aliphatic carbocycles. The molecule has 0 N–H and O–H groups in total. The molecule has 2 heterocycles. The molecule has 0 unspecified atom stereocenters. The van der Waals surface area contributed by atoms with E-state index in [1.807, 2.05) is 48.5 Å². The van der Waals surface area contributed by atoms with Gasteiger partial charge in [-0.1, -0.05) is 54.1 Å². The molecule has 5 rings (SSSR count). The summed E-state index contributed by atoms with van der Waals surface area (Å²) in [5.41, 5.74) is 1.51. The van der Waals surface area contributed by atoms with E-state index >= 15 is 0 Å². The van der Waals surface area contributed by atoms with Gasteiger partial charge in [-0.15, -0.1) is 20.4 Å². The van der Waals surface area contributed by atoms with E-state index in [9.17, 15) is 4.79 Å². The van der Waals surface area contributed by atoms with Crippen LogP contribution in [0.3, 0.4) is 0 Å². The Morgan fingerprint density at radius 1 is 1.06 bits per heavy atom. The summed E-state index contributed by atoms with van der Waals surface area (Å²) in [5, 5.41) is 21.1. The van der Waals surface area contributed by atoms with Gasteiger partial charge >= 0.3 is 0 Å². The Kier molecular flexibility index (Phi) is 5.17. The first-order valence-electron chi connectivity index (χ1n) is 9.87. The Bertz CT molecular complexity index is 1200. The van der Waals surface area contributed by atoms with Gasteiger partial charge in [-0.3, -0.25) is 4.79 Å². The Labute approximate surface area is 182 Å². The molecule has 2 aromatic heterocycles. The second-order valence-corrected chi connectivity index (χ2v) is 7.65. The Hall–Kier alpha value is -3.59. The molecule has 0 saturated heterocycles. The Morgan fingerprint density at radius 3 is 2.61 bits per heavy atom. The number of carbonyl (C=O) groups excluding carboxylic acids is 1. The minimum Gasteiger partial charge on any atom is -0.419 e. The highest BCUT2D eigenvalue weighted by Crippen LogP contribution is 2.30. The summed E-state index contributed by atoms with van der Waals surface area (Å²) in [6, 6.07) is 16.9. The van der Waals surface area contributed by atoms with Gasteiger partial charge in [0, 0.05) is 11.6 Å². The molecule has 1 saturated carbocycles. The van der Waals surface area contributed by atoms with Gasteiger partial charge < -0.3 is 9.32 Å². The molecule has 2 aromatic carbocycles. The van der Waals surface area contributed by atoms with Gasteiger partial charge in [-0.05, 0) is 30.2 Å². The molecule has 1 amide bonds. The first-order valence-corrected chi connectivity index (χ1v) is 10.2. The average Bonchev–Trinajstić information content (AvgIpc) is 3.34. The molecule has 1 aliphatic rings. The number of nitrogens with zero attached hydrogens (tertiary/aromatic N) is 7. The van der Waals surface area contributed by atoms with Crippen LogP contribution in [0.1, 0.15) is 18.7 Å². The summed E-state index contributed by atoms with van der Waals surface area (Å²) >= 11 is 6.21.